The summed E-state index contributed by atoms with van der Waals surface area (Å²) in [5, 5.41) is 0. The molecule has 0 aliphatic heterocycles. The van der Waals surface area contributed by atoms with Gasteiger partial charge >= 0.3 is 17.9 Å². The molecule has 0 aromatic carbocycles. The third kappa shape index (κ3) is 57.4. The fourth-order valence-corrected chi connectivity index (χ4v) is 8.34. The van der Waals surface area contributed by atoms with Crippen LogP contribution in [0.4, 0.5) is 0 Å². The van der Waals surface area contributed by atoms with Gasteiger partial charge in [0.2, 0.25) is 0 Å². The van der Waals surface area contributed by atoms with Crippen molar-refractivity contribution in [3.8, 4) is 0 Å². The molecule has 6 nitrogen and oxygen atoms in total. The van der Waals surface area contributed by atoms with Gasteiger partial charge in [-0.1, -0.05) is 241 Å². The summed E-state index contributed by atoms with van der Waals surface area (Å²) in [6, 6.07) is 0. The molecule has 1 unspecified atom stereocenters. The summed E-state index contributed by atoms with van der Waals surface area (Å²) in [5.41, 5.74) is 0. The molecular formula is C65H112O6. The summed E-state index contributed by atoms with van der Waals surface area (Å²) in [4.78, 5) is 38.3. The first-order valence-electron chi connectivity index (χ1n) is 30.1. The van der Waals surface area contributed by atoms with Gasteiger partial charge in [0.1, 0.15) is 13.2 Å². The van der Waals surface area contributed by atoms with E-state index in [2.05, 4.69) is 106 Å². The molecule has 408 valence electrons. The highest BCUT2D eigenvalue weighted by Gasteiger charge is 2.19. The molecule has 0 N–H and O–H groups in total. The third-order valence-electron chi connectivity index (χ3n) is 12.9. The Balaban J connectivity index is 4.42. The Bertz CT molecular complexity index is 1370. The standard InChI is InChI=1S/C65H112O6/c1-4-7-10-13-16-19-22-25-28-31-32-35-37-40-43-46-49-52-55-58-64(67)70-61-62(71-65(68)59-56-53-50-47-44-41-38-34-30-27-24-21-18-15-12-9-6-3)60-69-63(66)57-54-51-48-45-42-39-36-33-29-26-23-20-17-14-11-8-5-2/h9,12,16,18-19,21,25-30,32,35,62H,4-8,10-11,13-15,17,20,22-24,31,33-34,36-61H2,1-3H3/b12-9-,19-16-,21-18-,28-25-,29-26-,30-27-,35-32-. The van der Waals surface area contributed by atoms with Crippen molar-refractivity contribution >= 4 is 17.9 Å². The van der Waals surface area contributed by atoms with E-state index in [4.69, 9.17) is 14.2 Å². The van der Waals surface area contributed by atoms with E-state index in [9.17, 15) is 14.4 Å². The summed E-state index contributed by atoms with van der Waals surface area (Å²) in [5.74, 6) is -0.905. The van der Waals surface area contributed by atoms with Crippen molar-refractivity contribution in [3.63, 3.8) is 0 Å². The van der Waals surface area contributed by atoms with Gasteiger partial charge in [-0.15, -0.1) is 0 Å². The molecule has 1 atom stereocenters. The lowest BCUT2D eigenvalue weighted by atomic mass is 10.1. The zero-order valence-electron chi connectivity index (χ0n) is 46.7. The molecule has 0 heterocycles. The van der Waals surface area contributed by atoms with Gasteiger partial charge in [-0.3, -0.25) is 14.4 Å². The molecule has 0 fully saturated rings. The molecule has 0 radical (unpaired) electrons. The number of rotatable bonds is 54. The smallest absolute Gasteiger partial charge is 0.306 e. The second-order valence-electron chi connectivity index (χ2n) is 19.9. The first-order chi connectivity index (χ1) is 35.0. The predicted molar refractivity (Wildman–Crippen MR) is 307 cm³/mol. The maximum atomic E-state index is 12.9. The molecule has 0 saturated heterocycles. The van der Waals surface area contributed by atoms with Gasteiger partial charge in [-0.25, -0.2) is 0 Å². The minimum Gasteiger partial charge on any atom is -0.462 e. The number of allylic oxidation sites excluding steroid dienone is 14. The molecule has 0 aliphatic rings. The van der Waals surface area contributed by atoms with E-state index in [0.29, 0.717) is 19.3 Å². The van der Waals surface area contributed by atoms with E-state index in [1.54, 1.807) is 0 Å². The highest BCUT2D eigenvalue weighted by molar-refractivity contribution is 5.71. The fraction of sp³-hybridized carbons (Fsp3) is 0.738. The summed E-state index contributed by atoms with van der Waals surface area (Å²) in [6.45, 7) is 6.50. The number of hydrogen-bond acceptors (Lipinski definition) is 6. The average Bonchev–Trinajstić information content (AvgIpc) is 3.37. The van der Waals surface area contributed by atoms with Crippen LogP contribution in [-0.2, 0) is 28.6 Å². The fourth-order valence-electron chi connectivity index (χ4n) is 8.34. The van der Waals surface area contributed by atoms with Crippen LogP contribution in [0.3, 0.4) is 0 Å². The first-order valence-corrected chi connectivity index (χ1v) is 30.1. The second kappa shape index (κ2) is 59.2. The monoisotopic (exact) mass is 989 g/mol. The molecule has 0 saturated carbocycles. The van der Waals surface area contributed by atoms with Gasteiger partial charge in [0.05, 0.1) is 0 Å². The van der Waals surface area contributed by atoms with Crippen LogP contribution in [0.15, 0.2) is 85.1 Å². The van der Waals surface area contributed by atoms with Crippen LogP contribution in [0, 0.1) is 0 Å². The van der Waals surface area contributed by atoms with Gasteiger partial charge in [0, 0.05) is 19.3 Å². The van der Waals surface area contributed by atoms with Crippen LogP contribution in [0.5, 0.6) is 0 Å². The Kier molecular flexibility index (Phi) is 56.3. The van der Waals surface area contributed by atoms with E-state index in [-0.39, 0.29) is 31.1 Å². The Labute approximate surface area is 439 Å². The van der Waals surface area contributed by atoms with Crippen molar-refractivity contribution in [1.29, 1.82) is 0 Å². The molecule has 6 heteroatoms. The number of hydrogen-bond donors (Lipinski definition) is 0. The van der Waals surface area contributed by atoms with E-state index in [1.165, 1.54) is 148 Å². The lowest BCUT2D eigenvalue weighted by Gasteiger charge is -2.18. The molecule has 0 rings (SSSR count). The van der Waals surface area contributed by atoms with E-state index in [1.807, 2.05) is 0 Å². The highest BCUT2D eigenvalue weighted by atomic mass is 16.6. The van der Waals surface area contributed by atoms with Gasteiger partial charge < -0.3 is 14.2 Å². The largest absolute Gasteiger partial charge is 0.462 e. The summed E-state index contributed by atoms with van der Waals surface area (Å²) < 4.78 is 16.9. The number of carbonyl (C=O) groups excluding carboxylic acids is 3. The van der Waals surface area contributed by atoms with Gasteiger partial charge in [0.15, 0.2) is 6.10 Å². The molecule has 71 heavy (non-hydrogen) atoms. The van der Waals surface area contributed by atoms with Gasteiger partial charge in [-0.2, -0.15) is 0 Å². The molecular weight excluding hydrogens is 877 g/mol. The molecule has 0 bridgehead atoms. The van der Waals surface area contributed by atoms with Crippen molar-refractivity contribution in [1.82, 2.24) is 0 Å². The van der Waals surface area contributed by atoms with Crippen LogP contribution in [-0.4, -0.2) is 37.2 Å². The summed E-state index contributed by atoms with van der Waals surface area (Å²) in [7, 11) is 0. The number of carbonyl (C=O) groups is 3. The average molecular weight is 990 g/mol. The van der Waals surface area contributed by atoms with Crippen molar-refractivity contribution in [2.45, 2.75) is 297 Å². The van der Waals surface area contributed by atoms with Crippen LogP contribution >= 0.6 is 0 Å². The molecule has 0 aromatic rings. The third-order valence-corrected chi connectivity index (χ3v) is 12.9. The minimum absolute atomic E-state index is 0.0868. The Morgan fingerprint density at radius 3 is 0.901 bits per heavy atom. The maximum absolute atomic E-state index is 12.9. The van der Waals surface area contributed by atoms with Crippen LogP contribution in [0.1, 0.15) is 290 Å². The van der Waals surface area contributed by atoms with E-state index >= 15 is 0 Å². The summed E-state index contributed by atoms with van der Waals surface area (Å²) >= 11 is 0. The molecule has 0 spiro atoms. The number of esters is 3. The van der Waals surface area contributed by atoms with Gasteiger partial charge in [0.25, 0.3) is 0 Å². The molecule has 0 amide bonds. The van der Waals surface area contributed by atoms with Crippen LogP contribution < -0.4 is 0 Å². The van der Waals surface area contributed by atoms with E-state index < -0.39 is 6.10 Å². The highest BCUT2D eigenvalue weighted by Crippen LogP contribution is 2.15. The topological polar surface area (TPSA) is 78.9 Å². The normalized spacial score (nSPS) is 12.7. The lowest BCUT2D eigenvalue weighted by Crippen LogP contribution is -2.30. The lowest BCUT2D eigenvalue weighted by molar-refractivity contribution is -0.167. The van der Waals surface area contributed by atoms with Crippen molar-refractivity contribution in [2.75, 3.05) is 13.2 Å². The molecule has 0 aromatic heterocycles. The van der Waals surface area contributed by atoms with Crippen molar-refractivity contribution in [2.24, 2.45) is 0 Å². The Morgan fingerprint density at radius 2 is 0.549 bits per heavy atom. The number of ether oxygens (including phenoxy) is 3. The maximum Gasteiger partial charge on any atom is 0.306 e. The molecule has 0 aliphatic carbocycles. The first kappa shape index (κ1) is 67.6. The Morgan fingerprint density at radius 1 is 0.296 bits per heavy atom. The number of unbranched alkanes of at least 4 members (excludes halogenated alkanes) is 29. The SMILES string of the molecule is CC/C=C\C/C=C\C/C=C\CCCCCCCCCC(=O)OC(COC(=O)CCCCCCCC/C=C\C/C=C\C/C=C\CCCCC)COC(=O)CCCCCCCCC/C=C\CCCCCCCC. The van der Waals surface area contributed by atoms with Crippen molar-refractivity contribution in [3.05, 3.63) is 85.1 Å². The predicted octanol–water partition coefficient (Wildman–Crippen LogP) is 20.3. The zero-order chi connectivity index (χ0) is 51.4. The quantitative estimate of drug-likeness (QED) is 0.0261. The van der Waals surface area contributed by atoms with Crippen LogP contribution in [0.2, 0.25) is 0 Å². The van der Waals surface area contributed by atoms with Crippen LogP contribution in [0.25, 0.3) is 0 Å². The minimum atomic E-state index is -0.791. The zero-order valence-corrected chi connectivity index (χ0v) is 46.7. The van der Waals surface area contributed by atoms with Crippen molar-refractivity contribution < 1.29 is 28.6 Å². The second-order valence-corrected chi connectivity index (χ2v) is 19.9. The summed E-state index contributed by atoms with van der Waals surface area (Å²) in [6.07, 6.45) is 77.1. The Hall–Kier alpha value is -3.41. The van der Waals surface area contributed by atoms with Gasteiger partial charge in [-0.05, 0) is 116 Å². The van der Waals surface area contributed by atoms with E-state index in [0.717, 1.165) is 103 Å².